The van der Waals surface area contributed by atoms with Crippen LogP contribution in [0, 0.1) is 0 Å². The lowest BCUT2D eigenvalue weighted by Crippen LogP contribution is -2.07. The maximum Gasteiger partial charge on any atom is 0.433 e. The van der Waals surface area contributed by atoms with Gasteiger partial charge < -0.3 is 5.73 Å². The van der Waals surface area contributed by atoms with E-state index < -0.39 is 35.8 Å². The van der Waals surface area contributed by atoms with E-state index in [0.717, 1.165) is 0 Å². The molecular formula is C6H5F3N2. The summed E-state index contributed by atoms with van der Waals surface area (Å²) in [5.74, 6) is 0. The lowest BCUT2D eigenvalue weighted by Gasteiger charge is -2.04. The van der Waals surface area contributed by atoms with Gasteiger partial charge in [-0.15, -0.1) is 0 Å². The maximum atomic E-state index is 12.2. The predicted octanol–water partition coefficient (Wildman–Crippen LogP) is 1.68. The van der Waals surface area contributed by atoms with Gasteiger partial charge in [-0.3, -0.25) is 4.98 Å². The van der Waals surface area contributed by atoms with E-state index in [9.17, 15) is 13.2 Å². The molecule has 0 fully saturated rings. The predicted molar refractivity (Wildman–Crippen MR) is 33.7 cm³/mol. The van der Waals surface area contributed by atoms with Gasteiger partial charge in [0.25, 0.3) is 0 Å². The van der Waals surface area contributed by atoms with Gasteiger partial charge in [-0.05, 0) is 12.1 Å². The van der Waals surface area contributed by atoms with Crippen molar-refractivity contribution in [2.24, 2.45) is 0 Å². The van der Waals surface area contributed by atoms with Crippen molar-refractivity contribution < 1.29 is 17.3 Å². The third kappa shape index (κ3) is 1.83. The van der Waals surface area contributed by atoms with E-state index >= 15 is 0 Å². The molecule has 0 aliphatic rings. The summed E-state index contributed by atoms with van der Waals surface area (Å²) in [7, 11) is 0. The molecule has 0 radical (unpaired) electrons. The molecule has 1 heterocycles. The molecule has 11 heavy (non-hydrogen) atoms. The SMILES string of the molecule is [2H]c1nc(C(F)(F)F)c([2H])c(N)c1[2H]. The van der Waals surface area contributed by atoms with Crippen LogP contribution in [-0.2, 0) is 6.18 Å². The van der Waals surface area contributed by atoms with Crippen LogP contribution in [0.3, 0.4) is 0 Å². The highest BCUT2D eigenvalue weighted by Gasteiger charge is 2.32. The van der Waals surface area contributed by atoms with Crippen molar-refractivity contribution in [1.29, 1.82) is 0 Å². The summed E-state index contributed by atoms with van der Waals surface area (Å²) in [6, 6.07) is -1.72. The topological polar surface area (TPSA) is 38.9 Å². The summed E-state index contributed by atoms with van der Waals surface area (Å²) in [6.45, 7) is 0. The quantitative estimate of drug-likeness (QED) is 0.635. The van der Waals surface area contributed by atoms with Gasteiger partial charge in [-0.1, -0.05) is 0 Å². The summed E-state index contributed by atoms with van der Waals surface area (Å²) in [5.41, 5.74) is 2.83. The summed E-state index contributed by atoms with van der Waals surface area (Å²) in [6.07, 6.45) is -5.71. The number of alkyl halides is 3. The number of anilines is 1. The Morgan fingerprint density at radius 1 is 1.55 bits per heavy atom. The minimum atomic E-state index is -4.82. The lowest BCUT2D eigenvalue weighted by atomic mass is 10.3. The van der Waals surface area contributed by atoms with Crippen LogP contribution >= 0.6 is 0 Å². The number of halogens is 3. The highest BCUT2D eigenvalue weighted by molar-refractivity contribution is 5.37. The lowest BCUT2D eigenvalue weighted by molar-refractivity contribution is -0.141. The van der Waals surface area contributed by atoms with Crippen LogP contribution in [0.15, 0.2) is 18.3 Å². The first-order chi connectivity index (χ1) is 6.25. The van der Waals surface area contributed by atoms with Crippen LogP contribution in [-0.4, -0.2) is 4.98 Å². The summed E-state index contributed by atoms with van der Waals surface area (Å²) in [4.78, 5) is 2.79. The molecule has 5 heteroatoms. The number of nitrogen functional groups attached to an aromatic ring is 1. The molecule has 1 aromatic heterocycles. The van der Waals surface area contributed by atoms with Crippen molar-refractivity contribution in [3.8, 4) is 0 Å². The number of pyridine rings is 1. The zero-order valence-electron chi connectivity index (χ0n) is 8.16. The second-order valence-electron chi connectivity index (χ2n) is 1.73. The molecular weight excluding hydrogens is 157 g/mol. The van der Waals surface area contributed by atoms with Gasteiger partial charge in [0.1, 0.15) is 5.69 Å². The Hall–Kier alpha value is -1.26. The molecule has 0 saturated heterocycles. The molecule has 0 atom stereocenters. The molecule has 2 N–H and O–H groups in total. The molecule has 0 aromatic carbocycles. The van der Waals surface area contributed by atoms with Gasteiger partial charge in [0, 0.05) is 11.9 Å². The first-order valence-corrected chi connectivity index (χ1v) is 2.55. The Balaban J connectivity index is 3.49. The smallest absolute Gasteiger partial charge is 0.399 e. The summed E-state index contributed by atoms with van der Waals surface area (Å²) in [5, 5.41) is 0. The average Bonchev–Trinajstić information content (AvgIpc) is 2.06. The van der Waals surface area contributed by atoms with Gasteiger partial charge in [0.2, 0.25) is 0 Å². The van der Waals surface area contributed by atoms with Crippen molar-refractivity contribution in [3.63, 3.8) is 0 Å². The molecule has 1 aromatic rings. The summed E-state index contributed by atoms with van der Waals surface area (Å²) < 4.78 is 57.4. The van der Waals surface area contributed by atoms with Crippen LogP contribution in [0.1, 0.15) is 9.81 Å². The van der Waals surface area contributed by atoms with Gasteiger partial charge >= 0.3 is 6.18 Å². The molecule has 0 unspecified atom stereocenters. The first-order valence-electron chi connectivity index (χ1n) is 4.05. The molecule has 0 aliphatic heterocycles. The largest absolute Gasteiger partial charge is 0.433 e. The zero-order valence-corrected chi connectivity index (χ0v) is 5.16. The number of aromatic nitrogens is 1. The minimum absolute atomic E-state index is 0.664. The van der Waals surface area contributed by atoms with Crippen molar-refractivity contribution in [3.05, 3.63) is 24.0 Å². The highest BCUT2D eigenvalue weighted by Crippen LogP contribution is 2.27. The number of nitrogens with zero attached hydrogens (tertiary/aromatic N) is 1. The third-order valence-electron chi connectivity index (χ3n) is 0.880. The Labute approximate surface area is 65.1 Å². The zero-order chi connectivity index (χ0) is 11.1. The fraction of sp³-hybridized carbons (Fsp3) is 0.167. The first kappa shape index (κ1) is 4.58. The van der Waals surface area contributed by atoms with E-state index in [0.29, 0.717) is 0 Å². The van der Waals surface area contributed by atoms with Crippen LogP contribution in [0.5, 0.6) is 0 Å². The number of hydrogen-bond acceptors (Lipinski definition) is 2. The number of nitrogens with two attached hydrogens (primary N) is 1. The van der Waals surface area contributed by atoms with Gasteiger partial charge in [-0.2, -0.15) is 13.2 Å². The minimum Gasteiger partial charge on any atom is -0.399 e. The molecule has 2 nitrogen and oxygen atoms in total. The van der Waals surface area contributed by atoms with Gasteiger partial charge in [0.15, 0.2) is 0 Å². The molecule has 1 rings (SSSR count). The van der Waals surface area contributed by atoms with Crippen LogP contribution in [0.25, 0.3) is 0 Å². The van der Waals surface area contributed by atoms with E-state index in [1.54, 1.807) is 0 Å². The maximum absolute atomic E-state index is 12.2. The average molecular weight is 165 g/mol. The highest BCUT2D eigenvalue weighted by atomic mass is 19.4. The van der Waals surface area contributed by atoms with Crippen molar-refractivity contribution in [2.45, 2.75) is 6.18 Å². The third-order valence-corrected chi connectivity index (χ3v) is 0.880. The van der Waals surface area contributed by atoms with E-state index in [1.807, 2.05) is 0 Å². The normalized spacial score (nSPS) is 15.4. The molecule has 60 valence electrons. The number of hydrogen-bond donors (Lipinski definition) is 1. The standard InChI is InChI=1S/C6H5F3N2/c7-6(8,9)5-3-4(10)1-2-11-5/h1-3H,(H2,10,11)/i1D,2D,3D. The van der Waals surface area contributed by atoms with E-state index in [-0.39, 0.29) is 0 Å². The Kier molecular flexibility index (Phi) is 1.00. The second-order valence-corrected chi connectivity index (χ2v) is 1.73. The van der Waals surface area contributed by atoms with Gasteiger partial charge in [0.05, 0.1) is 4.11 Å². The molecule has 0 aliphatic carbocycles. The second kappa shape index (κ2) is 2.41. The molecule has 0 amide bonds. The van der Waals surface area contributed by atoms with E-state index in [4.69, 9.17) is 9.85 Å². The van der Waals surface area contributed by atoms with Crippen LogP contribution in [0.2, 0.25) is 0 Å². The Bertz CT molecular complexity index is 378. The van der Waals surface area contributed by atoms with E-state index in [1.165, 1.54) is 0 Å². The van der Waals surface area contributed by atoms with Crippen molar-refractivity contribution in [2.75, 3.05) is 5.73 Å². The fourth-order valence-electron chi connectivity index (χ4n) is 0.465. The molecule has 0 bridgehead atoms. The monoisotopic (exact) mass is 165 g/mol. The van der Waals surface area contributed by atoms with Crippen molar-refractivity contribution >= 4 is 5.69 Å². The van der Waals surface area contributed by atoms with E-state index in [2.05, 4.69) is 4.98 Å². The van der Waals surface area contributed by atoms with Gasteiger partial charge in [-0.25, -0.2) is 0 Å². The summed E-state index contributed by atoms with van der Waals surface area (Å²) >= 11 is 0. The van der Waals surface area contributed by atoms with Crippen LogP contribution in [0.4, 0.5) is 18.9 Å². The molecule has 0 saturated carbocycles. The Morgan fingerprint density at radius 2 is 2.18 bits per heavy atom. The fourth-order valence-corrected chi connectivity index (χ4v) is 0.465. The number of rotatable bonds is 0. The van der Waals surface area contributed by atoms with Crippen LogP contribution < -0.4 is 5.73 Å². The van der Waals surface area contributed by atoms with Crippen molar-refractivity contribution in [1.82, 2.24) is 4.98 Å². The molecule has 0 spiro atoms. The Morgan fingerprint density at radius 3 is 2.73 bits per heavy atom.